The van der Waals surface area contributed by atoms with Gasteiger partial charge in [0.05, 0.1) is 0 Å². The van der Waals surface area contributed by atoms with E-state index in [1.54, 1.807) is 0 Å². The Labute approximate surface area is 69.9 Å². The maximum Gasteiger partial charge on any atom is 0.224 e. The summed E-state index contributed by atoms with van der Waals surface area (Å²) in [6.07, 6.45) is 0. The third kappa shape index (κ3) is 1.98. The molecule has 1 heterocycles. The van der Waals surface area contributed by atoms with Crippen LogP contribution in [0.5, 0.6) is 0 Å². The number of hydrogen-bond acceptors (Lipinski definition) is 4. The van der Waals surface area contributed by atoms with Gasteiger partial charge in [-0.2, -0.15) is 4.98 Å². The van der Waals surface area contributed by atoms with Crippen LogP contribution in [0.25, 0.3) is 0 Å². The fourth-order valence-corrected chi connectivity index (χ4v) is 0.888. The Balaban J connectivity index is 3.19. The number of nitrogens with one attached hydrogen (secondary N) is 1. The van der Waals surface area contributed by atoms with Gasteiger partial charge >= 0.3 is 0 Å². The highest BCUT2D eigenvalue weighted by molar-refractivity contribution is 7.71. The first-order valence-corrected chi connectivity index (χ1v) is 3.74. The van der Waals surface area contributed by atoms with Crippen molar-refractivity contribution in [3.8, 4) is 0 Å². The van der Waals surface area contributed by atoms with Crippen molar-refractivity contribution >= 4 is 18.2 Å². The molecule has 60 valence electrons. The molecule has 0 aliphatic heterocycles. The zero-order valence-electron chi connectivity index (χ0n) is 6.46. The molecule has 1 aromatic rings. The van der Waals surface area contributed by atoms with Gasteiger partial charge in [0.15, 0.2) is 0 Å². The smallest absolute Gasteiger partial charge is 0.224 e. The molecule has 1 aromatic heterocycles. The third-order valence-electron chi connectivity index (χ3n) is 1.24. The lowest BCUT2D eigenvalue weighted by Crippen LogP contribution is -2.03. The first-order valence-electron chi connectivity index (χ1n) is 3.33. The van der Waals surface area contributed by atoms with Crippen LogP contribution in [0.2, 0.25) is 0 Å². The van der Waals surface area contributed by atoms with Crippen molar-refractivity contribution in [3.63, 3.8) is 0 Å². The molecule has 0 bridgehead atoms. The van der Waals surface area contributed by atoms with Crippen LogP contribution in [0.15, 0.2) is 0 Å². The lowest BCUT2D eigenvalue weighted by Gasteiger charge is -2.03. The molecule has 0 aliphatic rings. The molecule has 0 atom stereocenters. The molecule has 0 saturated carbocycles. The van der Waals surface area contributed by atoms with E-state index in [0.717, 1.165) is 5.82 Å². The molecule has 0 radical (unpaired) electrons. The molecular weight excluding hydrogens is 160 g/mol. The Hall–Kier alpha value is -0.970. The molecule has 5 heteroatoms. The number of aromatic nitrogens is 3. The van der Waals surface area contributed by atoms with Crippen molar-refractivity contribution in [3.05, 3.63) is 10.6 Å². The Morgan fingerprint density at radius 3 is 2.55 bits per heavy atom. The van der Waals surface area contributed by atoms with Crippen LogP contribution in [0.3, 0.4) is 0 Å². The minimum atomic E-state index is 0.294. The zero-order valence-corrected chi connectivity index (χ0v) is 7.27. The number of rotatable bonds is 1. The van der Waals surface area contributed by atoms with E-state index in [9.17, 15) is 0 Å². The maximum atomic E-state index is 5.42. The van der Waals surface area contributed by atoms with Crippen LogP contribution in [0, 0.1) is 4.77 Å². The first kappa shape index (κ1) is 8.13. The lowest BCUT2D eigenvalue weighted by molar-refractivity contribution is 0.759. The van der Waals surface area contributed by atoms with Gasteiger partial charge < -0.3 is 10.7 Å². The van der Waals surface area contributed by atoms with Crippen molar-refractivity contribution in [2.75, 3.05) is 5.73 Å². The predicted octanol–water partition coefficient (Wildman–Crippen LogP) is 1.24. The molecule has 0 aliphatic carbocycles. The average Bonchev–Trinajstić information content (AvgIpc) is 1.85. The minimum absolute atomic E-state index is 0.294. The Morgan fingerprint density at radius 2 is 2.09 bits per heavy atom. The van der Waals surface area contributed by atoms with Gasteiger partial charge in [0, 0.05) is 5.92 Å². The quantitative estimate of drug-likeness (QED) is 0.622. The van der Waals surface area contributed by atoms with E-state index in [2.05, 4.69) is 15.0 Å². The van der Waals surface area contributed by atoms with Crippen LogP contribution in [-0.2, 0) is 0 Å². The van der Waals surface area contributed by atoms with E-state index in [-0.39, 0.29) is 0 Å². The molecule has 3 N–H and O–H groups in total. The Bertz CT molecular complexity index is 304. The summed E-state index contributed by atoms with van der Waals surface area (Å²) in [6, 6.07) is 0. The highest BCUT2D eigenvalue weighted by Crippen LogP contribution is 2.07. The molecule has 4 nitrogen and oxygen atoms in total. The van der Waals surface area contributed by atoms with E-state index in [0.29, 0.717) is 16.6 Å². The summed E-state index contributed by atoms with van der Waals surface area (Å²) in [4.78, 5) is 10.6. The van der Waals surface area contributed by atoms with Crippen LogP contribution in [-0.4, -0.2) is 15.0 Å². The number of nitrogens with zero attached hydrogens (tertiary/aromatic N) is 2. The third-order valence-corrected chi connectivity index (χ3v) is 1.42. The number of nitrogen functional groups attached to an aromatic ring is 1. The SMILES string of the molecule is CC(C)c1nc(=S)nc(N)[nH]1. The molecule has 0 saturated heterocycles. The number of H-pyrrole nitrogens is 1. The van der Waals surface area contributed by atoms with E-state index >= 15 is 0 Å². The molecule has 0 fully saturated rings. The number of hydrogen-bond donors (Lipinski definition) is 2. The highest BCUT2D eigenvalue weighted by atomic mass is 32.1. The topological polar surface area (TPSA) is 67.6 Å². The molecule has 0 spiro atoms. The van der Waals surface area contributed by atoms with Crippen LogP contribution < -0.4 is 5.73 Å². The second-order valence-electron chi connectivity index (χ2n) is 2.56. The summed E-state index contributed by atoms with van der Waals surface area (Å²) >= 11 is 4.78. The lowest BCUT2D eigenvalue weighted by atomic mass is 10.2. The second-order valence-corrected chi connectivity index (χ2v) is 2.92. The van der Waals surface area contributed by atoms with Gasteiger partial charge in [0.2, 0.25) is 10.7 Å². The van der Waals surface area contributed by atoms with Gasteiger partial charge in [-0.05, 0) is 12.2 Å². The standard InChI is InChI=1S/C6H10N4S/c1-3(2)4-8-5(7)10-6(11)9-4/h3H,1-2H3,(H3,7,8,9,10,11). The first-order chi connectivity index (χ1) is 5.09. The van der Waals surface area contributed by atoms with Crippen LogP contribution in [0.4, 0.5) is 5.95 Å². The van der Waals surface area contributed by atoms with Crippen molar-refractivity contribution in [2.45, 2.75) is 19.8 Å². The van der Waals surface area contributed by atoms with E-state index in [4.69, 9.17) is 18.0 Å². The molecule has 0 aromatic carbocycles. The molecular formula is C6H10N4S. The number of aromatic amines is 1. The Morgan fingerprint density at radius 1 is 1.45 bits per heavy atom. The fraction of sp³-hybridized carbons (Fsp3) is 0.500. The van der Waals surface area contributed by atoms with E-state index < -0.39 is 0 Å². The van der Waals surface area contributed by atoms with Crippen LogP contribution >= 0.6 is 12.2 Å². The molecule has 0 unspecified atom stereocenters. The average molecular weight is 170 g/mol. The minimum Gasteiger partial charge on any atom is -0.369 e. The van der Waals surface area contributed by atoms with E-state index in [1.165, 1.54) is 0 Å². The summed E-state index contributed by atoms with van der Waals surface area (Å²) in [5, 5.41) is 0. The van der Waals surface area contributed by atoms with Crippen molar-refractivity contribution < 1.29 is 0 Å². The predicted molar refractivity (Wildman–Crippen MR) is 45.7 cm³/mol. The maximum absolute atomic E-state index is 5.42. The second kappa shape index (κ2) is 2.96. The van der Waals surface area contributed by atoms with Gasteiger partial charge in [-0.1, -0.05) is 13.8 Å². The van der Waals surface area contributed by atoms with Crippen molar-refractivity contribution in [1.29, 1.82) is 0 Å². The largest absolute Gasteiger partial charge is 0.369 e. The summed E-state index contributed by atoms with van der Waals surface area (Å²) in [7, 11) is 0. The van der Waals surface area contributed by atoms with Gasteiger partial charge in [-0.15, -0.1) is 0 Å². The normalized spacial score (nSPS) is 10.5. The zero-order chi connectivity index (χ0) is 8.43. The monoisotopic (exact) mass is 170 g/mol. The molecule has 11 heavy (non-hydrogen) atoms. The van der Waals surface area contributed by atoms with Crippen molar-refractivity contribution in [1.82, 2.24) is 15.0 Å². The summed E-state index contributed by atoms with van der Waals surface area (Å²) < 4.78 is 0.296. The van der Waals surface area contributed by atoms with Gasteiger partial charge in [-0.25, -0.2) is 4.98 Å². The van der Waals surface area contributed by atoms with Crippen LogP contribution in [0.1, 0.15) is 25.6 Å². The van der Waals surface area contributed by atoms with Gasteiger partial charge in [-0.3, -0.25) is 0 Å². The van der Waals surface area contributed by atoms with Crippen molar-refractivity contribution in [2.24, 2.45) is 0 Å². The van der Waals surface area contributed by atoms with E-state index in [1.807, 2.05) is 13.8 Å². The van der Waals surface area contributed by atoms with Gasteiger partial charge in [0.1, 0.15) is 5.82 Å². The fourth-order valence-electron chi connectivity index (χ4n) is 0.692. The number of nitrogens with two attached hydrogens (primary N) is 1. The van der Waals surface area contributed by atoms with Gasteiger partial charge in [0.25, 0.3) is 0 Å². The summed E-state index contributed by atoms with van der Waals surface area (Å²) in [5.41, 5.74) is 5.42. The number of anilines is 1. The Kier molecular flexibility index (Phi) is 2.19. The summed E-state index contributed by atoms with van der Waals surface area (Å²) in [6.45, 7) is 4.01. The summed E-state index contributed by atoms with van der Waals surface area (Å²) in [5.74, 6) is 1.40. The molecule has 0 amide bonds. The highest BCUT2D eigenvalue weighted by Gasteiger charge is 2.01. The molecule has 1 rings (SSSR count).